The summed E-state index contributed by atoms with van der Waals surface area (Å²) in [7, 11) is 0. The first-order chi connectivity index (χ1) is 14.8. The fourth-order valence-electron chi connectivity index (χ4n) is 3.02. The van der Waals surface area contributed by atoms with Crippen molar-refractivity contribution in [2.24, 2.45) is 0 Å². The number of hydrogen-bond donors (Lipinski definition) is 0. The Morgan fingerprint density at radius 2 is 1.42 bits per heavy atom. The van der Waals surface area contributed by atoms with Crippen LogP contribution >= 0.6 is 0 Å². The summed E-state index contributed by atoms with van der Waals surface area (Å²) in [4.78, 5) is 4.45. The zero-order valence-electron chi connectivity index (χ0n) is 16.4. The summed E-state index contributed by atoms with van der Waals surface area (Å²) < 4.78 is 62.5. The molecule has 0 aliphatic carbocycles. The van der Waals surface area contributed by atoms with Gasteiger partial charge in [0.2, 0.25) is 5.89 Å². The van der Waals surface area contributed by atoms with Crippen molar-refractivity contribution in [1.82, 2.24) is 4.98 Å². The van der Waals surface area contributed by atoms with Crippen molar-refractivity contribution in [2.45, 2.75) is 19.5 Å². The molecule has 4 rings (SSSR count). The van der Waals surface area contributed by atoms with Crippen LogP contribution < -0.4 is 4.74 Å². The van der Waals surface area contributed by atoms with E-state index in [1.807, 2.05) is 12.1 Å². The number of aryl methyl sites for hydroxylation is 1. The summed E-state index contributed by atoms with van der Waals surface area (Å²) in [5, 5.41) is 0. The maximum absolute atomic E-state index is 13.0. The Kier molecular flexibility index (Phi) is 5.50. The van der Waals surface area contributed by atoms with Gasteiger partial charge >= 0.3 is 6.18 Å². The lowest BCUT2D eigenvalue weighted by Gasteiger charge is -2.06. The van der Waals surface area contributed by atoms with E-state index in [2.05, 4.69) is 4.98 Å². The Hall–Kier alpha value is -3.61. The van der Waals surface area contributed by atoms with Gasteiger partial charge in [-0.15, -0.1) is 0 Å². The van der Waals surface area contributed by atoms with Gasteiger partial charge in [0.15, 0.2) is 0 Å². The Bertz CT molecular complexity index is 1160. The lowest BCUT2D eigenvalue weighted by Crippen LogP contribution is -2.03. The van der Waals surface area contributed by atoms with E-state index in [4.69, 9.17) is 9.15 Å². The second-order valence-electron chi connectivity index (χ2n) is 6.97. The van der Waals surface area contributed by atoms with Gasteiger partial charge in [-0.25, -0.2) is 9.37 Å². The highest BCUT2D eigenvalue weighted by atomic mass is 19.4. The van der Waals surface area contributed by atoms with Crippen molar-refractivity contribution in [3.8, 4) is 23.0 Å². The Balaban J connectivity index is 1.46. The minimum absolute atomic E-state index is 0.275. The number of oxazole rings is 1. The van der Waals surface area contributed by atoms with Crippen LogP contribution in [0.15, 0.2) is 77.2 Å². The van der Waals surface area contributed by atoms with E-state index in [1.165, 1.54) is 24.3 Å². The number of nitrogens with zero attached hydrogens (tertiary/aromatic N) is 1. The first kappa shape index (κ1) is 20.7. The van der Waals surface area contributed by atoms with E-state index in [9.17, 15) is 17.6 Å². The molecule has 0 aliphatic heterocycles. The third kappa shape index (κ3) is 4.94. The topological polar surface area (TPSA) is 35.3 Å². The van der Waals surface area contributed by atoms with Gasteiger partial charge in [-0.05, 0) is 73.2 Å². The highest BCUT2D eigenvalue weighted by molar-refractivity contribution is 5.54. The molecular weight excluding hydrogens is 410 g/mol. The second kappa shape index (κ2) is 8.26. The monoisotopic (exact) mass is 427 g/mol. The third-order valence-corrected chi connectivity index (χ3v) is 4.70. The molecule has 1 aromatic heterocycles. The van der Waals surface area contributed by atoms with Crippen LogP contribution in [0.3, 0.4) is 0 Å². The van der Waals surface area contributed by atoms with Crippen LogP contribution in [0.25, 0.3) is 11.5 Å². The summed E-state index contributed by atoms with van der Waals surface area (Å²) in [5.41, 5.74) is 1.41. The van der Waals surface area contributed by atoms with E-state index < -0.39 is 11.7 Å². The van der Waals surface area contributed by atoms with Crippen molar-refractivity contribution in [2.75, 3.05) is 0 Å². The molecule has 0 aliphatic rings. The molecule has 3 nitrogen and oxygen atoms in total. The highest BCUT2D eigenvalue weighted by Crippen LogP contribution is 2.31. The summed E-state index contributed by atoms with van der Waals surface area (Å²) in [6.07, 6.45) is -3.89. The summed E-state index contributed by atoms with van der Waals surface area (Å²) >= 11 is 0. The molecular formula is C24H17F4NO2. The van der Waals surface area contributed by atoms with Gasteiger partial charge < -0.3 is 9.15 Å². The second-order valence-corrected chi connectivity index (χ2v) is 6.97. The number of alkyl halides is 3. The van der Waals surface area contributed by atoms with E-state index in [-0.39, 0.29) is 11.7 Å². The molecule has 158 valence electrons. The zero-order valence-corrected chi connectivity index (χ0v) is 16.4. The van der Waals surface area contributed by atoms with E-state index in [0.717, 1.165) is 17.7 Å². The molecule has 0 spiro atoms. The van der Waals surface area contributed by atoms with Crippen molar-refractivity contribution >= 4 is 0 Å². The van der Waals surface area contributed by atoms with Gasteiger partial charge in [0.05, 0.1) is 11.3 Å². The quantitative estimate of drug-likeness (QED) is 0.316. The van der Waals surface area contributed by atoms with Gasteiger partial charge in [-0.2, -0.15) is 13.2 Å². The number of aromatic nitrogens is 1. The number of halogens is 4. The minimum Gasteiger partial charge on any atom is -0.457 e. The SMILES string of the molecule is Cc1oc(-c2ccc(C(F)(F)F)cc2)nc1Cc1ccc(Oc2ccc(F)cc2)cc1. The van der Waals surface area contributed by atoms with Crippen molar-refractivity contribution in [3.63, 3.8) is 0 Å². The Labute approximate surface area is 175 Å². The molecule has 0 N–H and O–H groups in total. The molecule has 0 unspecified atom stereocenters. The van der Waals surface area contributed by atoms with Crippen LogP contribution in [0.4, 0.5) is 17.6 Å². The van der Waals surface area contributed by atoms with Gasteiger partial charge in [0.1, 0.15) is 23.1 Å². The third-order valence-electron chi connectivity index (χ3n) is 4.70. The average molecular weight is 427 g/mol. The zero-order chi connectivity index (χ0) is 22.0. The first-order valence-corrected chi connectivity index (χ1v) is 9.44. The number of rotatable bonds is 5. The Morgan fingerprint density at radius 3 is 2.00 bits per heavy atom. The number of hydrogen-bond acceptors (Lipinski definition) is 3. The maximum Gasteiger partial charge on any atom is 0.416 e. The van der Waals surface area contributed by atoms with E-state index in [1.54, 1.807) is 31.2 Å². The fourth-order valence-corrected chi connectivity index (χ4v) is 3.02. The predicted octanol–water partition coefficient (Wildman–Crippen LogP) is 7.19. The van der Waals surface area contributed by atoms with Crippen molar-refractivity contribution in [1.29, 1.82) is 0 Å². The molecule has 1 heterocycles. The fraction of sp³-hybridized carbons (Fsp3) is 0.125. The molecule has 0 saturated carbocycles. The summed E-state index contributed by atoms with van der Waals surface area (Å²) in [5.74, 6) is 1.68. The molecule has 7 heteroatoms. The van der Waals surface area contributed by atoms with E-state index in [0.29, 0.717) is 34.9 Å². The number of ether oxygens (including phenoxy) is 1. The molecule has 0 fully saturated rings. The van der Waals surface area contributed by atoms with Crippen molar-refractivity contribution < 1.29 is 26.7 Å². The minimum atomic E-state index is -4.39. The molecule has 0 amide bonds. The molecule has 31 heavy (non-hydrogen) atoms. The van der Waals surface area contributed by atoms with Gasteiger partial charge in [0, 0.05) is 12.0 Å². The predicted molar refractivity (Wildman–Crippen MR) is 107 cm³/mol. The average Bonchev–Trinajstić information content (AvgIpc) is 3.11. The van der Waals surface area contributed by atoms with Crippen LogP contribution in [-0.4, -0.2) is 4.98 Å². The summed E-state index contributed by atoms with van der Waals surface area (Å²) in [6, 6.07) is 17.8. The molecule has 4 aromatic rings. The molecule has 0 radical (unpaired) electrons. The summed E-state index contributed by atoms with van der Waals surface area (Å²) in [6.45, 7) is 1.77. The molecule has 0 bridgehead atoms. The van der Waals surface area contributed by atoms with Crippen LogP contribution in [-0.2, 0) is 12.6 Å². The normalized spacial score (nSPS) is 11.5. The van der Waals surface area contributed by atoms with Gasteiger partial charge in [0.25, 0.3) is 0 Å². The van der Waals surface area contributed by atoms with Crippen LogP contribution in [0, 0.1) is 12.7 Å². The van der Waals surface area contributed by atoms with Crippen LogP contribution in [0.2, 0.25) is 0 Å². The van der Waals surface area contributed by atoms with E-state index >= 15 is 0 Å². The van der Waals surface area contributed by atoms with Crippen LogP contribution in [0.5, 0.6) is 11.5 Å². The first-order valence-electron chi connectivity index (χ1n) is 9.44. The standard InChI is InChI=1S/C24H17F4NO2/c1-15-22(29-23(30-15)17-4-6-18(7-5-17)24(26,27)28)14-16-2-10-20(11-3-16)31-21-12-8-19(25)9-13-21/h2-13H,14H2,1H3. The van der Waals surface area contributed by atoms with Crippen LogP contribution in [0.1, 0.15) is 22.6 Å². The Morgan fingerprint density at radius 1 is 0.839 bits per heavy atom. The lowest BCUT2D eigenvalue weighted by molar-refractivity contribution is -0.137. The largest absolute Gasteiger partial charge is 0.457 e. The lowest BCUT2D eigenvalue weighted by atomic mass is 10.1. The molecule has 0 atom stereocenters. The van der Waals surface area contributed by atoms with Gasteiger partial charge in [-0.3, -0.25) is 0 Å². The molecule has 0 saturated heterocycles. The number of benzene rings is 3. The van der Waals surface area contributed by atoms with Gasteiger partial charge in [-0.1, -0.05) is 12.1 Å². The molecule has 3 aromatic carbocycles. The highest BCUT2D eigenvalue weighted by Gasteiger charge is 2.30. The van der Waals surface area contributed by atoms with Crippen molar-refractivity contribution in [3.05, 3.63) is 101 Å². The maximum atomic E-state index is 13.0. The smallest absolute Gasteiger partial charge is 0.416 e.